The fraction of sp³-hybridized carbons (Fsp3) is 0.217. The average molecular weight is 332 g/mol. The van der Waals surface area contributed by atoms with Crippen molar-refractivity contribution in [1.29, 1.82) is 0 Å². The highest BCUT2D eigenvalue weighted by Gasteiger charge is 2.13. The van der Waals surface area contributed by atoms with Crippen LogP contribution in [0.2, 0.25) is 0 Å². The number of phenols is 1. The van der Waals surface area contributed by atoms with E-state index in [9.17, 15) is 5.11 Å². The van der Waals surface area contributed by atoms with Gasteiger partial charge in [-0.25, -0.2) is 0 Å². The molecule has 0 amide bonds. The molecule has 0 aliphatic carbocycles. The van der Waals surface area contributed by atoms with Gasteiger partial charge in [0.15, 0.2) is 0 Å². The van der Waals surface area contributed by atoms with Gasteiger partial charge < -0.3 is 9.84 Å². The smallest absolute Gasteiger partial charge is 0.131 e. The van der Waals surface area contributed by atoms with Gasteiger partial charge in [0.1, 0.15) is 17.2 Å². The van der Waals surface area contributed by atoms with E-state index in [-0.39, 0.29) is 11.2 Å². The van der Waals surface area contributed by atoms with E-state index in [0.29, 0.717) is 12.2 Å². The number of benzene rings is 3. The van der Waals surface area contributed by atoms with Crippen LogP contribution >= 0.6 is 0 Å². The van der Waals surface area contributed by atoms with Crippen molar-refractivity contribution in [3.63, 3.8) is 0 Å². The van der Waals surface area contributed by atoms with Crippen molar-refractivity contribution in [2.24, 2.45) is 0 Å². The summed E-state index contributed by atoms with van der Waals surface area (Å²) in [6.45, 7) is 6.62. The second-order valence-electron chi connectivity index (χ2n) is 7.33. The Morgan fingerprint density at radius 2 is 1.48 bits per heavy atom. The summed E-state index contributed by atoms with van der Waals surface area (Å²) in [5.41, 5.74) is 3.54. The fourth-order valence-electron chi connectivity index (χ4n) is 2.72. The van der Waals surface area contributed by atoms with Crippen molar-refractivity contribution in [2.75, 3.05) is 0 Å². The molecule has 0 unspecified atom stereocenters. The van der Waals surface area contributed by atoms with Crippen LogP contribution in [0.1, 0.15) is 37.5 Å². The molecule has 3 aromatic carbocycles. The predicted molar refractivity (Wildman–Crippen MR) is 103 cm³/mol. The second kappa shape index (κ2) is 7.02. The molecule has 0 atom stereocenters. The lowest BCUT2D eigenvalue weighted by molar-refractivity contribution is 0.451. The van der Waals surface area contributed by atoms with Gasteiger partial charge in [-0.2, -0.15) is 0 Å². The number of ether oxygens (including phenoxy) is 1. The lowest BCUT2D eigenvalue weighted by atomic mass is 9.86. The standard InChI is InChI=1S/C23H24O2/c1-23(2,3)19-12-9-17(10-13-19)15-18-11-14-21(16-22(18)24)25-20-7-5-4-6-8-20/h4-14,16,24H,15H2,1-3H3. The minimum Gasteiger partial charge on any atom is -0.508 e. The van der Waals surface area contributed by atoms with Crippen LogP contribution < -0.4 is 4.74 Å². The van der Waals surface area contributed by atoms with E-state index in [1.807, 2.05) is 42.5 Å². The minimum atomic E-state index is 0.150. The highest BCUT2D eigenvalue weighted by molar-refractivity contribution is 5.44. The third kappa shape index (κ3) is 4.42. The van der Waals surface area contributed by atoms with E-state index in [2.05, 4.69) is 45.0 Å². The molecule has 0 saturated carbocycles. The average Bonchev–Trinajstić information content (AvgIpc) is 2.58. The van der Waals surface area contributed by atoms with Crippen LogP contribution in [0, 0.1) is 0 Å². The number of hydrogen-bond donors (Lipinski definition) is 1. The van der Waals surface area contributed by atoms with Crippen molar-refractivity contribution in [3.8, 4) is 17.2 Å². The van der Waals surface area contributed by atoms with Crippen molar-refractivity contribution in [1.82, 2.24) is 0 Å². The van der Waals surface area contributed by atoms with Crippen molar-refractivity contribution >= 4 is 0 Å². The summed E-state index contributed by atoms with van der Waals surface area (Å²) < 4.78 is 5.76. The fourth-order valence-corrected chi connectivity index (χ4v) is 2.72. The molecule has 25 heavy (non-hydrogen) atoms. The monoisotopic (exact) mass is 332 g/mol. The Labute approximate surface area is 149 Å². The van der Waals surface area contributed by atoms with Gasteiger partial charge in [-0.15, -0.1) is 0 Å². The molecule has 0 aliphatic heterocycles. The maximum absolute atomic E-state index is 10.3. The number of para-hydroxylation sites is 1. The van der Waals surface area contributed by atoms with Gasteiger partial charge in [0, 0.05) is 12.5 Å². The lowest BCUT2D eigenvalue weighted by Crippen LogP contribution is -2.10. The second-order valence-corrected chi connectivity index (χ2v) is 7.33. The van der Waals surface area contributed by atoms with Crippen LogP contribution in [0.15, 0.2) is 72.8 Å². The molecule has 0 aromatic heterocycles. The van der Waals surface area contributed by atoms with Crippen molar-refractivity contribution in [3.05, 3.63) is 89.5 Å². The Balaban J connectivity index is 1.73. The SMILES string of the molecule is CC(C)(C)c1ccc(Cc2ccc(Oc3ccccc3)cc2O)cc1. The maximum Gasteiger partial charge on any atom is 0.131 e. The Morgan fingerprint density at radius 1 is 0.800 bits per heavy atom. The molecule has 3 rings (SSSR count). The maximum atomic E-state index is 10.3. The number of rotatable bonds is 4. The van der Waals surface area contributed by atoms with Crippen molar-refractivity contribution in [2.45, 2.75) is 32.6 Å². The molecule has 0 aliphatic rings. The van der Waals surface area contributed by atoms with Crippen LogP contribution in [-0.2, 0) is 11.8 Å². The molecule has 0 fully saturated rings. The van der Waals surface area contributed by atoms with Gasteiger partial charge >= 0.3 is 0 Å². The van der Waals surface area contributed by atoms with E-state index < -0.39 is 0 Å². The third-order valence-corrected chi connectivity index (χ3v) is 4.25. The van der Waals surface area contributed by atoms with Gasteiger partial charge in [-0.05, 0) is 40.3 Å². The lowest BCUT2D eigenvalue weighted by Gasteiger charge is -2.19. The summed E-state index contributed by atoms with van der Waals surface area (Å²) in [5.74, 6) is 1.65. The highest BCUT2D eigenvalue weighted by atomic mass is 16.5. The number of hydrogen-bond acceptors (Lipinski definition) is 2. The van der Waals surface area contributed by atoms with E-state index in [0.717, 1.165) is 11.3 Å². The molecule has 0 bridgehead atoms. The third-order valence-electron chi connectivity index (χ3n) is 4.25. The zero-order valence-corrected chi connectivity index (χ0v) is 15.0. The van der Waals surface area contributed by atoms with Crippen LogP contribution in [-0.4, -0.2) is 5.11 Å². The highest BCUT2D eigenvalue weighted by Crippen LogP contribution is 2.29. The molecule has 2 heteroatoms. The first kappa shape index (κ1) is 17.1. The normalized spacial score (nSPS) is 11.3. The van der Waals surface area contributed by atoms with Gasteiger partial charge in [0.25, 0.3) is 0 Å². The van der Waals surface area contributed by atoms with Gasteiger partial charge in [0.2, 0.25) is 0 Å². The molecule has 0 saturated heterocycles. The van der Waals surface area contributed by atoms with Crippen LogP contribution in [0.4, 0.5) is 0 Å². The number of aromatic hydroxyl groups is 1. The molecule has 128 valence electrons. The van der Waals surface area contributed by atoms with E-state index in [1.54, 1.807) is 6.07 Å². The Morgan fingerprint density at radius 3 is 2.08 bits per heavy atom. The summed E-state index contributed by atoms with van der Waals surface area (Å²) in [4.78, 5) is 0. The predicted octanol–water partition coefficient (Wildman–Crippen LogP) is 6.07. The molecule has 0 radical (unpaired) electrons. The molecule has 0 spiro atoms. The first-order chi connectivity index (χ1) is 11.9. The largest absolute Gasteiger partial charge is 0.508 e. The Kier molecular flexibility index (Phi) is 4.80. The quantitative estimate of drug-likeness (QED) is 0.628. The molecule has 2 nitrogen and oxygen atoms in total. The number of phenolic OH excluding ortho intramolecular Hbond substituents is 1. The van der Waals surface area contributed by atoms with Crippen molar-refractivity contribution < 1.29 is 9.84 Å². The summed E-state index contributed by atoms with van der Waals surface area (Å²) in [5, 5.41) is 10.3. The van der Waals surface area contributed by atoms with Crippen LogP contribution in [0.3, 0.4) is 0 Å². The van der Waals surface area contributed by atoms with Gasteiger partial charge in [-0.3, -0.25) is 0 Å². The van der Waals surface area contributed by atoms with Crippen LogP contribution in [0.5, 0.6) is 17.2 Å². The van der Waals surface area contributed by atoms with Crippen LogP contribution in [0.25, 0.3) is 0 Å². The molecule has 0 heterocycles. The summed E-state index contributed by atoms with van der Waals surface area (Å²) in [6.07, 6.45) is 0.696. The zero-order valence-electron chi connectivity index (χ0n) is 15.0. The first-order valence-electron chi connectivity index (χ1n) is 8.56. The summed E-state index contributed by atoms with van der Waals surface area (Å²) in [6, 6.07) is 23.7. The minimum absolute atomic E-state index is 0.150. The summed E-state index contributed by atoms with van der Waals surface area (Å²) >= 11 is 0. The molecular weight excluding hydrogens is 308 g/mol. The Hall–Kier alpha value is -2.74. The molecule has 1 N–H and O–H groups in total. The Bertz CT molecular complexity index is 828. The van der Waals surface area contributed by atoms with E-state index in [4.69, 9.17) is 4.74 Å². The first-order valence-corrected chi connectivity index (χ1v) is 8.56. The van der Waals surface area contributed by atoms with E-state index in [1.165, 1.54) is 11.1 Å². The van der Waals surface area contributed by atoms with Gasteiger partial charge in [0.05, 0.1) is 0 Å². The van der Waals surface area contributed by atoms with Gasteiger partial charge in [-0.1, -0.05) is 69.3 Å². The zero-order chi connectivity index (χ0) is 17.9. The topological polar surface area (TPSA) is 29.5 Å². The molecule has 3 aromatic rings. The van der Waals surface area contributed by atoms with E-state index >= 15 is 0 Å². The summed E-state index contributed by atoms with van der Waals surface area (Å²) in [7, 11) is 0. The molecular formula is C23H24O2.